The summed E-state index contributed by atoms with van der Waals surface area (Å²) in [5.74, 6) is 1.38. The van der Waals surface area contributed by atoms with Gasteiger partial charge in [0.15, 0.2) is 11.5 Å². The van der Waals surface area contributed by atoms with Gasteiger partial charge in [0.2, 0.25) is 0 Å². The van der Waals surface area contributed by atoms with Gasteiger partial charge in [-0.3, -0.25) is 0 Å². The molecule has 0 unspecified atom stereocenters. The Balaban J connectivity index is 1.57. The predicted molar refractivity (Wildman–Crippen MR) is 117 cm³/mol. The molecule has 0 aliphatic carbocycles. The molecule has 9 nitrogen and oxygen atoms in total. The lowest BCUT2D eigenvalue weighted by molar-refractivity contribution is 0.280. The zero-order valence-electron chi connectivity index (χ0n) is 17.9. The zero-order valence-corrected chi connectivity index (χ0v) is 17.9. The number of anilines is 2. The van der Waals surface area contributed by atoms with Gasteiger partial charge in [0.05, 0.1) is 18.5 Å². The fourth-order valence-electron chi connectivity index (χ4n) is 3.81. The van der Waals surface area contributed by atoms with E-state index < -0.39 is 0 Å². The van der Waals surface area contributed by atoms with Crippen molar-refractivity contribution in [3.63, 3.8) is 0 Å². The van der Waals surface area contributed by atoms with Crippen molar-refractivity contribution >= 4 is 17.3 Å². The molecule has 0 saturated carbocycles. The normalized spacial score (nSPS) is 16.9. The summed E-state index contributed by atoms with van der Waals surface area (Å²) in [6, 6.07) is 2.91. The summed E-state index contributed by atoms with van der Waals surface area (Å²) in [5.41, 5.74) is 9.81. The van der Waals surface area contributed by atoms with Gasteiger partial charge in [-0.2, -0.15) is 4.98 Å². The van der Waals surface area contributed by atoms with Gasteiger partial charge < -0.3 is 20.7 Å². The van der Waals surface area contributed by atoms with E-state index in [2.05, 4.69) is 52.1 Å². The topological polar surface area (TPSA) is 106 Å². The molecular weight excluding hydrogens is 380 g/mol. The molecule has 3 aromatic rings. The predicted octanol–water partition coefficient (Wildman–Crippen LogP) is 1.98. The van der Waals surface area contributed by atoms with E-state index in [9.17, 15) is 0 Å². The standard InChI is InChI=1S/C21H30N8O/c1-4-5-8-30-21-26-18(22)20-25-13-17(29(20)27-21)10-16-9-14(2)19(24-12-16)28-7-6-23-11-15(28)3/h9,12-13,15,23H,4-8,10-11H2,1-3H3,(H2,22,26,27)/t15-/m0/s1. The molecule has 0 bridgehead atoms. The summed E-state index contributed by atoms with van der Waals surface area (Å²) < 4.78 is 7.38. The molecule has 0 spiro atoms. The third-order valence-electron chi connectivity index (χ3n) is 5.43. The molecule has 0 amide bonds. The highest BCUT2D eigenvalue weighted by atomic mass is 16.5. The molecule has 1 fully saturated rings. The number of rotatable bonds is 7. The number of hydrogen-bond acceptors (Lipinski definition) is 8. The van der Waals surface area contributed by atoms with E-state index in [1.807, 2.05) is 6.20 Å². The van der Waals surface area contributed by atoms with Crippen molar-refractivity contribution in [3.8, 4) is 6.01 Å². The van der Waals surface area contributed by atoms with Gasteiger partial charge in [0, 0.05) is 38.3 Å². The van der Waals surface area contributed by atoms with Crippen LogP contribution in [0.15, 0.2) is 18.5 Å². The number of pyridine rings is 1. The van der Waals surface area contributed by atoms with Crippen molar-refractivity contribution in [1.82, 2.24) is 29.9 Å². The summed E-state index contributed by atoms with van der Waals surface area (Å²) >= 11 is 0. The first-order chi connectivity index (χ1) is 14.6. The molecule has 1 aliphatic rings. The number of nitrogen functional groups attached to an aromatic ring is 1. The number of aryl methyl sites for hydroxylation is 1. The summed E-state index contributed by atoms with van der Waals surface area (Å²) in [7, 11) is 0. The van der Waals surface area contributed by atoms with Gasteiger partial charge in [0.25, 0.3) is 0 Å². The molecule has 1 atom stereocenters. The van der Waals surface area contributed by atoms with Crippen LogP contribution in [0.4, 0.5) is 11.6 Å². The Labute approximate surface area is 176 Å². The van der Waals surface area contributed by atoms with Crippen LogP contribution in [-0.4, -0.2) is 56.8 Å². The smallest absolute Gasteiger partial charge is 0.336 e. The molecule has 3 N–H and O–H groups in total. The number of hydrogen-bond donors (Lipinski definition) is 2. The van der Waals surface area contributed by atoms with Crippen molar-refractivity contribution in [3.05, 3.63) is 35.3 Å². The second-order valence-corrected chi connectivity index (χ2v) is 7.87. The van der Waals surface area contributed by atoms with Crippen LogP contribution in [0.2, 0.25) is 0 Å². The summed E-state index contributed by atoms with van der Waals surface area (Å²) in [4.78, 5) is 15.8. The highest BCUT2D eigenvalue weighted by Crippen LogP contribution is 2.23. The fourth-order valence-corrected chi connectivity index (χ4v) is 3.81. The molecule has 3 aromatic heterocycles. The number of imidazole rings is 1. The second-order valence-electron chi connectivity index (χ2n) is 7.87. The maximum Gasteiger partial charge on any atom is 0.336 e. The number of fused-ring (bicyclic) bond motifs is 1. The quantitative estimate of drug-likeness (QED) is 0.570. The van der Waals surface area contributed by atoms with E-state index >= 15 is 0 Å². The van der Waals surface area contributed by atoms with Gasteiger partial charge in [-0.15, -0.1) is 5.10 Å². The summed E-state index contributed by atoms with van der Waals surface area (Å²) in [6.07, 6.45) is 6.37. The van der Waals surface area contributed by atoms with Crippen LogP contribution in [0.25, 0.3) is 5.65 Å². The van der Waals surface area contributed by atoms with Crippen LogP contribution < -0.4 is 20.7 Å². The maximum absolute atomic E-state index is 6.07. The van der Waals surface area contributed by atoms with E-state index in [-0.39, 0.29) is 6.01 Å². The summed E-state index contributed by atoms with van der Waals surface area (Å²) in [6.45, 7) is 9.96. The highest BCUT2D eigenvalue weighted by Gasteiger charge is 2.21. The molecule has 30 heavy (non-hydrogen) atoms. The lowest BCUT2D eigenvalue weighted by Gasteiger charge is -2.35. The van der Waals surface area contributed by atoms with Crippen LogP contribution in [-0.2, 0) is 6.42 Å². The van der Waals surface area contributed by atoms with Gasteiger partial charge in [-0.25, -0.2) is 14.5 Å². The van der Waals surface area contributed by atoms with E-state index in [0.717, 1.165) is 49.6 Å². The lowest BCUT2D eigenvalue weighted by Crippen LogP contribution is -2.50. The Hall–Kier alpha value is -2.94. The Morgan fingerprint density at radius 1 is 1.30 bits per heavy atom. The van der Waals surface area contributed by atoms with E-state index in [0.29, 0.717) is 30.5 Å². The first kappa shape index (κ1) is 20.3. The van der Waals surface area contributed by atoms with Gasteiger partial charge >= 0.3 is 6.01 Å². The molecule has 1 saturated heterocycles. The minimum atomic E-state index is 0.282. The van der Waals surface area contributed by atoms with Crippen molar-refractivity contribution in [2.75, 3.05) is 36.9 Å². The van der Waals surface area contributed by atoms with Crippen LogP contribution in [0.5, 0.6) is 6.01 Å². The Morgan fingerprint density at radius 3 is 2.93 bits per heavy atom. The Morgan fingerprint density at radius 2 is 2.17 bits per heavy atom. The fraction of sp³-hybridized carbons (Fsp3) is 0.524. The van der Waals surface area contributed by atoms with Crippen molar-refractivity contribution < 1.29 is 4.74 Å². The zero-order chi connectivity index (χ0) is 21.1. The highest BCUT2D eigenvalue weighted by molar-refractivity contribution is 5.60. The number of piperazine rings is 1. The third kappa shape index (κ3) is 4.16. The number of ether oxygens (including phenoxy) is 1. The van der Waals surface area contributed by atoms with Crippen LogP contribution in [0, 0.1) is 6.92 Å². The van der Waals surface area contributed by atoms with E-state index in [4.69, 9.17) is 15.5 Å². The molecule has 4 rings (SSSR count). The molecule has 1 aliphatic heterocycles. The van der Waals surface area contributed by atoms with E-state index in [1.165, 1.54) is 5.56 Å². The number of nitrogens with one attached hydrogen (secondary N) is 1. The molecule has 0 aromatic carbocycles. The van der Waals surface area contributed by atoms with E-state index in [1.54, 1.807) is 10.7 Å². The molecule has 160 valence electrons. The average molecular weight is 411 g/mol. The van der Waals surface area contributed by atoms with Crippen molar-refractivity contribution in [2.24, 2.45) is 0 Å². The largest absolute Gasteiger partial charge is 0.462 e. The Bertz CT molecular complexity index is 1020. The molecule has 0 radical (unpaired) electrons. The second kappa shape index (κ2) is 8.83. The number of unbranched alkanes of at least 4 members (excludes halogenated alkanes) is 1. The summed E-state index contributed by atoms with van der Waals surface area (Å²) in [5, 5.41) is 7.92. The Kier molecular flexibility index (Phi) is 5.98. The molecular formula is C21H30N8O. The van der Waals surface area contributed by atoms with Gasteiger partial charge in [0.1, 0.15) is 5.82 Å². The third-order valence-corrected chi connectivity index (χ3v) is 5.43. The van der Waals surface area contributed by atoms with Crippen LogP contribution in [0.1, 0.15) is 43.5 Å². The van der Waals surface area contributed by atoms with Crippen LogP contribution >= 0.6 is 0 Å². The van der Waals surface area contributed by atoms with Gasteiger partial charge in [-0.1, -0.05) is 19.4 Å². The van der Waals surface area contributed by atoms with Crippen molar-refractivity contribution in [1.29, 1.82) is 0 Å². The van der Waals surface area contributed by atoms with Gasteiger partial charge in [-0.05, 0) is 31.4 Å². The number of aromatic nitrogens is 5. The number of nitrogens with two attached hydrogens (primary N) is 1. The lowest BCUT2D eigenvalue weighted by atomic mass is 10.1. The van der Waals surface area contributed by atoms with Crippen molar-refractivity contribution in [2.45, 2.75) is 46.1 Å². The molecule has 9 heteroatoms. The first-order valence-electron chi connectivity index (χ1n) is 10.6. The number of nitrogens with zero attached hydrogens (tertiary/aromatic N) is 6. The minimum absolute atomic E-state index is 0.282. The average Bonchev–Trinajstić information content (AvgIpc) is 3.12. The SMILES string of the molecule is CCCCOc1nc(N)c2ncc(Cc3cnc(N4CCNC[C@@H]4C)c(C)c3)n2n1. The molecule has 4 heterocycles. The first-order valence-corrected chi connectivity index (χ1v) is 10.6. The maximum atomic E-state index is 6.07. The monoisotopic (exact) mass is 410 g/mol. The minimum Gasteiger partial charge on any atom is -0.462 e. The van der Waals surface area contributed by atoms with Crippen LogP contribution in [0.3, 0.4) is 0 Å².